The predicted octanol–water partition coefficient (Wildman–Crippen LogP) is 3.29. The van der Waals surface area contributed by atoms with Crippen molar-refractivity contribution in [2.75, 3.05) is 0 Å². The molecule has 2 N–H and O–H groups in total. The summed E-state index contributed by atoms with van der Waals surface area (Å²) in [6.07, 6.45) is -4.39. The Morgan fingerprint density at radius 1 is 1.08 bits per heavy atom. The number of carbonyl (C=O) groups is 1. The van der Waals surface area contributed by atoms with Crippen molar-refractivity contribution in [3.63, 3.8) is 0 Å². The highest BCUT2D eigenvalue weighted by atomic mass is 32.2. The topological polar surface area (TPSA) is 83.2 Å². The minimum atomic E-state index is -4.39. The van der Waals surface area contributed by atoms with Gasteiger partial charge in [-0.25, -0.2) is 0 Å². The highest BCUT2D eigenvalue weighted by molar-refractivity contribution is 7.76. The van der Waals surface area contributed by atoms with Gasteiger partial charge in [0.25, 0.3) is 0 Å². The van der Waals surface area contributed by atoms with Crippen LogP contribution in [-0.2, 0) is 17.4 Å². The summed E-state index contributed by atoms with van der Waals surface area (Å²) in [4.78, 5) is 12.3. The number of hydrogen-bond donors (Lipinski definition) is 1. The van der Waals surface area contributed by atoms with Gasteiger partial charge in [-0.1, -0.05) is 30.3 Å². The molecule has 24 heavy (non-hydrogen) atoms. The standard InChI is InChI=1S/C16H13F3O.H3NO2S/c1-10-4-3-5-14(11(10)2)15(20)12-6-8-13(9-7-12)16(17,18)19;1-4(2)3/h3-9H,1-2H3;1H2,(H,2,3)/p-1. The van der Waals surface area contributed by atoms with Gasteiger partial charge in [-0.05, 0) is 37.1 Å². The molecule has 0 aliphatic rings. The van der Waals surface area contributed by atoms with E-state index in [2.05, 4.69) is 5.14 Å². The lowest BCUT2D eigenvalue weighted by Gasteiger charge is -2.09. The number of hydrogen-bond acceptors (Lipinski definition) is 3. The molecule has 0 aliphatic carbocycles. The maximum atomic E-state index is 12.5. The summed E-state index contributed by atoms with van der Waals surface area (Å²) in [6.45, 7) is 3.71. The maximum Gasteiger partial charge on any atom is 0.416 e. The molecule has 0 saturated carbocycles. The Labute approximate surface area is 139 Å². The molecule has 1 unspecified atom stereocenters. The van der Waals surface area contributed by atoms with Crippen LogP contribution in [0.5, 0.6) is 0 Å². The Balaban J connectivity index is 0.000000648. The summed E-state index contributed by atoms with van der Waals surface area (Å²) >= 11 is -2.36. The van der Waals surface area contributed by atoms with Crippen molar-refractivity contribution < 1.29 is 26.7 Å². The molecule has 2 aromatic rings. The summed E-state index contributed by atoms with van der Waals surface area (Å²) in [7, 11) is 0. The molecule has 8 heteroatoms. The Morgan fingerprint density at radius 3 is 2.04 bits per heavy atom. The van der Waals surface area contributed by atoms with Crippen LogP contribution in [-0.4, -0.2) is 14.5 Å². The Bertz CT molecular complexity index is 739. The molecule has 1 atom stereocenters. The molecule has 0 spiro atoms. The number of halogens is 3. The van der Waals surface area contributed by atoms with E-state index in [1.807, 2.05) is 19.9 Å². The second kappa shape index (κ2) is 8.18. The zero-order chi connectivity index (χ0) is 18.5. The van der Waals surface area contributed by atoms with Crippen molar-refractivity contribution in [1.29, 1.82) is 0 Å². The fraction of sp³-hybridized carbons (Fsp3) is 0.188. The molecular formula is C16H15F3NO3S-. The monoisotopic (exact) mass is 358 g/mol. The molecule has 0 aliphatic heterocycles. The molecule has 0 radical (unpaired) electrons. The van der Waals surface area contributed by atoms with E-state index in [9.17, 15) is 18.0 Å². The third-order valence-electron chi connectivity index (χ3n) is 3.32. The van der Waals surface area contributed by atoms with E-state index in [4.69, 9.17) is 8.76 Å². The molecule has 2 aromatic carbocycles. The minimum Gasteiger partial charge on any atom is -0.760 e. The van der Waals surface area contributed by atoms with Gasteiger partial charge in [0.05, 0.1) is 5.56 Å². The summed E-state index contributed by atoms with van der Waals surface area (Å²) in [6, 6.07) is 9.62. The van der Waals surface area contributed by atoms with Gasteiger partial charge in [0.2, 0.25) is 0 Å². The molecule has 0 aromatic heterocycles. The van der Waals surface area contributed by atoms with E-state index in [0.29, 0.717) is 5.56 Å². The lowest BCUT2D eigenvalue weighted by atomic mass is 9.96. The van der Waals surface area contributed by atoms with Gasteiger partial charge < -0.3 is 4.55 Å². The lowest BCUT2D eigenvalue weighted by molar-refractivity contribution is -0.137. The van der Waals surface area contributed by atoms with Gasteiger partial charge in [-0.15, -0.1) is 0 Å². The Morgan fingerprint density at radius 2 is 1.58 bits per heavy atom. The van der Waals surface area contributed by atoms with Crippen LogP contribution < -0.4 is 5.14 Å². The third-order valence-corrected chi connectivity index (χ3v) is 3.32. The van der Waals surface area contributed by atoms with Crippen LogP contribution in [0, 0.1) is 13.8 Å². The largest absolute Gasteiger partial charge is 0.760 e. The average Bonchev–Trinajstić information content (AvgIpc) is 2.48. The number of aryl methyl sites for hydroxylation is 1. The van der Waals surface area contributed by atoms with Crippen LogP contribution in [0.4, 0.5) is 13.2 Å². The van der Waals surface area contributed by atoms with Crippen LogP contribution in [0.25, 0.3) is 0 Å². The molecule has 0 bridgehead atoms. The first-order valence-corrected chi connectivity index (χ1v) is 7.79. The zero-order valence-electron chi connectivity index (χ0n) is 12.9. The van der Waals surface area contributed by atoms with E-state index < -0.39 is 23.0 Å². The van der Waals surface area contributed by atoms with E-state index in [-0.39, 0.29) is 11.3 Å². The van der Waals surface area contributed by atoms with Gasteiger partial charge in [0.15, 0.2) is 5.78 Å². The first-order chi connectivity index (χ1) is 11.0. The summed E-state index contributed by atoms with van der Waals surface area (Å²) in [5, 5.41) is 4.03. The van der Waals surface area contributed by atoms with Crippen molar-refractivity contribution in [1.82, 2.24) is 0 Å². The smallest absolute Gasteiger partial charge is 0.416 e. The third kappa shape index (κ3) is 5.55. The number of alkyl halides is 3. The molecule has 4 nitrogen and oxygen atoms in total. The van der Waals surface area contributed by atoms with Gasteiger partial charge in [0.1, 0.15) is 0 Å². The first kappa shape index (κ1) is 20.0. The Hall–Kier alpha value is -2.03. The van der Waals surface area contributed by atoms with Crippen LogP contribution in [0.15, 0.2) is 42.5 Å². The summed E-state index contributed by atoms with van der Waals surface area (Å²) in [5.41, 5.74) is 1.84. The van der Waals surface area contributed by atoms with Crippen molar-refractivity contribution in [2.45, 2.75) is 20.0 Å². The number of nitrogens with two attached hydrogens (primary N) is 1. The SMILES string of the molecule is Cc1cccc(C(=O)c2ccc(C(F)(F)F)cc2)c1C.NS(=O)[O-]. The molecule has 0 saturated heterocycles. The number of ketones is 1. The molecule has 0 heterocycles. The van der Waals surface area contributed by atoms with E-state index in [0.717, 1.165) is 23.3 Å². The van der Waals surface area contributed by atoms with Gasteiger partial charge >= 0.3 is 6.18 Å². The number of rotatable bonds is 2. The average molecular weight is 358 g/mol. The molecular weight excluding hydrogens is 343 g/mol. The highest BCUT2D eigenvalue weighted by Crippen LogP contribution is 2.29. The van der Waals surface area contributed by atoms with E-state index in [1.165, 1.54) is 12.1 Å². The van der Waals surface area contributed by atoms with Crippen LogP contribution in [0.1, 0.15) is 32.6 Å². The zero-order valence-corrected chi connectivity index (χ0v) is 13.7. The quantitative estimate of drug-likeness (QED) is 0.660. The second-order valence-electron chi connectivity index (χ2n) is 4.91. The molecule has 0 amide bonds. The fourth-order valence-corrected chi connectivity index (χ4v) is 1.96. The molecule has 0 fully saturated rings. The van der Waals surface area contributed by atoms with Crippen LogP contribution in [0.2, 0.25) is 0 Å². The van der Waals surface area contributed by atoms with Crippen molar-refractivity contribution >= 4 is 17.0 Å². The first-order valence-electron chi connectivity index (χ1n) is 6.66. The maximum absolute atomic E-state index is 12.5. The van der Waals surface area contributed by atoms with Crippen LogP contribution in [0.3, 0.4) is 0 Å². The summed E-state index contributed by atoms with van der Waals surface area (Å²) < 4.78 is 55.0. The number of benzene rings is 2. The second-order valence-corrected chi connectivity index (χ2v) is 5.43. The normalized spacial score (nSPS) is 12.1. The van der Waals surface area contributed by atoms with Crippen molar-refractivity contribution in [2.24, 2.45) is 5.14 Å². The Kier molecular flexibility index (Phi) is 6.82. The lowest BCUT2D eigenvalue weighted by Crippen LogP contribution is -2.07. The highest BCUT2D eigenvalue weighted by Gasteiger charge is 2.30. The number of carbonyl (C=O) groups excluding carboxylic acids is 1. The van der Waals surface area contributed by atoms with Gasteiger partial charge in [-0.3, -0.25) is 14.1 Å². The molecule has 2 rings (SSSR count). The van der Waals surface area contributed by atoms with Gasteiger partial charge in [-0.2, -0.15) is 13.2 Å². The summed E-state index contributed by atoms with van der Waals surface area (Å²) in [5.74, 6) is -0.264. The van der Waals surface area contributed by atoms with E-state index >= 15 is 0 Å². The van der Waals surface area contributed by atoms with Gasteiger partial charge in [0, 0.05) is 22.4 Å². The van der Waals surface area contributed by atoms with Crippen molar-refractivity contribution in [3.8, 4) is 0 Å². The van der Waals surface area contributed by atoms with Crippen molar-refractivity contribution in [3.05, 3.63) is 70.3 Å². The predicted molar refractivity (Wildman–Crippen MR) is 83.9 cm³/mol. The fourth-order valence-electron chi connectivity index (χ4n) is 1.96. The van der Waals surface area contributed by atoms with E-state index in [1.54, 1.807) is 12.1 Å². The van der Waals surface area contributed by atoms with Crippen LogP contribution >= 0.6 is 0 Å². The molecule has 130 valence electrons. The minimum absolute atomic E-state index is 0.256.